The van der Waals surface area contributed by atoms with E-state index in [4.69, 9.17) is 0 Å². The number of benzene rings is 2. The van der Waals surface area contributed by atoms with Gasteiger partial charge in [-0.25, -0.2) is 26.3 Å². The largest absolute Gasteiger partial charge is 0.435 e. The fourth-order valence-corrected chi connectivity index (χ4v) is 1.71. The average molecular weight is 328 g/mol. The van der Waals surface area contributed by atoms with Crippen LogP contribution in [0, 0.1) is 34.9 Å². The summed E-state index contributed by atoms with van der Waals surface area (Å²) in [7, 11) is 0. The second-order valence-electron chi connectivity index (χ2n) is 3.97. The minimum absolute atomic E-state index is 0.403. The molecule has 0 spiro atoms. The monoisotopic (exact) mass is 328 g/mol. The van der Waals surface area contributed by atoms with Gasteiger partial charge in [0.1, 0.15) is 11.6 Å². The summed E-state index contributed by atoms with van der Waals surface area (Å²) < 4.78 is 108. The summed E-state index contributed by atoms with van der Waals surface area (Å²) >= 11 is 0. The molecular formula is C13H4F8O. The van der Waals surface area contributed by atoms with E-state index in [1.54, 1.807) is 0 Å². The van der Waals surface area contributed by atoms with Crippen LogP contribution in [0.15, 0.2) is 18.2 Å². The number of halogens is 8. The molecule has 9 heteroatoms. The Morgan fingerprint density at radius 3 is 1.73 bits per heavy atom. The lowest BCUT2D eigenvalue weighted by Crippen LogP contribution is -2.06. The Morgan fingerprint density at radius 1 is 0.727 bits per heavy atom. The fourth-order valence-electron chi connectivity index (χ4n) is 1.71. The highest BCUT2D eigenvalue weighted by molar-refractivity contribution is 5.67. The fraction of sp³-hybridized carbons (Fsp3) is 0.0769. The minimum atomic E-state index is -3.32. The maximum atomic E-state index is 13.6. The van der Waals surface area contributed by atoms with Crippen LogP contribution in [0.2, 0.25) is 0 Å². The summed E-state index contributed by atoms with van der Waals surface area (Å²) in [4.78, 5) is 0. The van der Waals surface area contributed by atoms with Gasteiger partial charge in [0.2, 0.25) is 5.82 Å². The van der Waals surface area contributed by atoms with Gasteiger partial charge in [0.15, 0.2) is 23.3 Å². The van der Waals surface area contributed by atoms with Gasteiger partial charge in [0, 0.05) is 5.56 Å². The van der Waals surface area contributed by atoms with E-state index >= 15 is 0 Å². The van der Waals surface area contributed by atoms with Gasteiger partial charge in [0.05, 0.1) is 5.56 Å². The van der Waals surface area contributed by atoms with Crippen LogP contribution in [0.5, 0.6) is 5.75 Å². The number of hydrogen-bond donors (Lipinski definition) is 0. The third-order valence-electron chi connectivity index (χ3n) is 2.64. The van der Waals surface area contributed by atoms with Crippen molar-refractivity contribution in [1.82, 2.24) is 0 Å². The zero-order chi connectivity index (χ0) is 16.6. The Morgan fingerprint density at radius 2 is 1.23 bits per heavy atom. The van der Waals surface area contributed by atoms with E-state index in [0.29, 0.717) is 18.2 Å². The molecule has 118 valence electrons. The molecule has 2 rings (SSSR count). The van der Waals surface area contributed by atoms with Crippen molar-refractivity contribution in [3.63, 3.8) is 0 Å². The van der Waals surface area contributed by atoms with Crippen molar-refractivity contribution >= 4 is 0 Å². The number of rotatable bonds is 3. The molecule has 0 aliphatic carbocycles. The van der Waals surface area contributed by atoms with Gasteiger partial charge >= 0.3 is 6.61 Å². The molecule has 1 nitrogen and oxygen atoms in total. The van der Waals surface area contributed by atoms with Crippen molar-refractivity contribution in [1.29, 1.82) is 0 Å². The van der Waals surface area contributed by atoms with Gasteiger partial charge < -0.3 is 4.74 Å². The normalized spacial score (nSPS) is 11.1. The molecule has 0 atom stereocenters. The van der Waals surface area contributed by atoms with Crippen LogP contribution in [-0.4, -0.2) is 6.61 Å². The Hall–Kier alpha value is -2.32. The van der Waals surface area contributed by atoms with Gasteiger partial charge in [0.25, 0.3) is 0 Å². The van der Waals surface area contributed by atoms with Gasteiger partial charge in [-0.3, -0.25) is 0 Å². The van der Waals surface area contributed by atoms with E-state index in [0.717, 1.165) is 0 Å². The highest BCUT2D eigenvalue weighted by Gasteiger charge is 2.28. The Labute approximate surface area is 117 Å². The molecule has 0 heterocycles. The van der Waals surface area contributed by atoms with E-state index in [1.165, 1.54) is 0 Å². The van der Waals surface area contributed by atoms with E-state index in [2.05, 4.69) is 4.74 Å². The maximum Gasteiger partial charge on any atom is 0.387 e. The van der Waals surface area contributed by atoms with Gasteiger partial charge in [-0.2, -0.15) is 8.78 Å². The molecule has 0 aliphatic heterocycles. The maximum absolute atomic E-state index is 13.6. The number of alkyl halides is 2. The van der Waals surface area contributed by atoms with Crippen molar-refractivity contribution in [2.24, 2.45) is 0 Å². The van der Waals surface area contributed by atoms with Crippen LogP contribution in [0.25, 0.3) is 11.1 Å². The van der Waals surface area contributed by atoms with Crippen LogP contribution in [0.1, 0.15) is 0 Å². The summed E-state index contributed by atoms with van der Waals surface area (Å²) in [6, 6.07) is 1.60. The topological polar surface area (TPSA) is 9.23 Å². The zero-order valence-electron chi connectivity index (χ0n) is 10.2. The number of hydrogen-bond acceptors (Lipinski definition) is 1. The lowest BCUT2D eigenvalue weighted by Gasteiger charge is -2.11. The standard InChI is InChI=1S/C13H4F8O/c14-6-2-1-4(22-13(20)21)3-5(6)7-8(15)10(17)12(19)11(18)9(7)16/h1-3,13H. The second kappa shape index (κ2) is 5.82. The molecule has 0 amide bonds. The van der Waals surface area contributed by atoms with Crippen molar-refractivity contribution in [3.8, 4) is 16.9 Å². The van der Waals surface area contributed by atoms with E-state index in [9.17, 15) is 35.1 Å². The summed E-state index contributed by atoms with van der Waals surface area (Å²) in [5, 5.41) is 0. The molecule has 0 unspecified atom stereocenters. The second-order valence-corrected chi connectivity index (χ2v) is 3.97. The number of ether oxygens (including phenoxy) is 1. The smallest absolute Gasteiger partial charge is 0.387 e. The van der Waals surface area contributed by atoms with Crippen LogP contribution < -0.4 is 4.74 Å². The highest BCUT2D eigenvalue weighted by Crippen LogP contribution is 2.35. The van der Waals surface area contributed by atoms with Crippen molar-refractivity contribution in [2.75, 3.05) is 0 Å². The lowest BCUT2D eigenvalue weighted by atomic mass is 10.0. The Kier molecular flexibility index (Phi) is 4.25. The Balaban J connectivity index is 2.71. The summed E-state index contributed by atoms with van der Waals surface area (Å²) in [6.45, 7) is -3.32. The molecule has 0 saturated heterocycles. The zero-order valence-corrected chi connectivity index (χ0v) is 10.2. The minimum Gasteiger partial charge on any atom is -0.435 e. The van der Waals surface area contributed by atoms with Gasteiger partial charge in [-0.1, -0.05) is 0 Å². The van der Waals surface area contributed by atoms with Gasteiger partial charge in [-0.05, 0) is 18.2 Å². The first kappa shape index (κ1) is 16.1. The first-order chi connectivity index (χ1) is 10.2. The quantitative estimate of drug-likeness (QED) is 0.447. The van der Waals surface area contributed by atoms with Gasteiger partial charge in [-0.15, -0.1) is 0 Å². The molecule has 0 radical (unpaired) electrons. The summed E-state index contributed by atoms with van der Waals surface area (Å²) in [5.41, 5.74) is -2.68. The SMILES string of the molecule is Fc1ccc(OC(F)F)cc1-c1c(F)c(F)c(F)c(F)c1F. The highest BCUT2D eigenvalue weighted by atomic mass is 19.3. The van der Waals surface area contributed by atoms with Crippen LogP contribution in [0.3, 0.4) is 0 Å². The predicted octanol–water partition coefficient (Wildman–Crippen LogP) is 4.79. The molecule has 2 aromatic carbocycles. The molecule has 0 N–H and O–H groups in total. The summed E-state index contributed by atoms with van der Waals surface area (Å²) in [6.07, 6.45) is 0. The van der Waals surface area contributed by atoms with Crippen LogP contribution in [-0.2, 0) is 0 Å². The average Bonchev–Trinajstić information content (AvgIpc) is 2.46. The van der Waals surface area contributed by atoms with Crippen molar-refractivity contribution < 1.29 is 39.9 Å². The third kappa shape index (κ3) is 2.70. The molecule has 22 heavy (non-hydrogen) atoms. The predicted molar refractivity (Wildman–Crippen MR) is 58.3 cm³/mol. The summed E-state index contributed by atoms with van der Waals surface area (Å²) in [5.74, 6) is -13.7. The van der Waals surface area contributed by atoms with E-state index in [-0.39, 0.29) is 0 Å². The molecular weight excluding hydrogens is 324 g/mol. The van der Waals surface area contributed by atoms with E-state index < -0.39 is 58.4 Å². The Bertz CT molecular complexity index is 699. The van der Waals surface area contributed by atoms with Crippen molar-refractivity contribution in [2.45, 2.75) is 6.61 Å². The molecule has 0 bridgehead atoms. The molecule has 0 aliphatic rings. The van der Waals surface area contributed by atoms with Crippen LogP contribution >= 0.6 is 0 Å². The first-order valence-electron chi connectivity index (χ1n) is 5.50. The molecule has 0 fully saturated rings. The van der Waals surface area contributed by atoms with E-state index in [1.807, 2.05) is 0 Å². The molecule has 0 aromatic heterocycles. The lowest BCUT2D eigenvalue weighted by molar-refractivity contribution is -0.0498. The molecule has 0 saturated carbocycles. The molecule has 2 aromatic rings. The third-order valence-corrected chi connectivity index (χ3v) is 2.64. The van der Waals surface area contributed by atoms with Crippen LogP contribution in [0.4, 0.5) is 35.1 Å². The first-order valence-corrected chi connectivity index (χ1v) is 5.50. The van der Waals surface area contributed by atoms with Crippen molar-refractivity contribution in [3.05, 3.63) is 53.1 Å².